The maximum absolute atomic E-state index is 12.5. The lowest BCUT2D eigenvalue weighted by atomic mass is 10.2. The molecule has 0 saturated carbocycles. The normalized spacial score (nSPS) is 11.9. The standard InChI is InChI=1S/C21H30N2O3S/c1-5-23(6-2)27(24,25)21-12-10-18(11-13-21)15-22-16-19-8-7-9-20(14-19)26-17(3)4/h7-14,17,22H,5-6,15-16H2,1-4H3. The molecule has 2 aromatic carbocycles. The minimum atomic E-state index is -3.40. The molecule has 6 heteroatoms. The van der Waals surface area contributed by atoms with Gasteiger partial charge in [0.15, 0.2) is 0 Å². The van der Waals surface area contributed by atoms with Crippen LogP contribution in [0.3, 0.4) is 0 Å². The fraction of sp³-hybridized carbons (Fsp3) is 0.429. The van der Waals surface area contributed by atoms with Gasteiger partial charge in [0.1, 0.15) is 5.75 Å². The van der Waals surface area contributed by atoms with Crippen molar-refractivity contribution in [3.63, 3.8) is 0 Å². The fourth-order valence-electron chi connectivity index (χ4n) is 2.84. The number of benzene rings is 2. The third-order valence-electron chi connectivity index (χ3n) is 4.20. The molecule has 2 aromatic rings. The summed E-state index contributed by atoms with van der Waals surface area (Å²) >= 11 is 0. The lowest BCUT2D eigenvalue weighted by molar-refractivity contribution is 0.242. The van der Waals surface area contributed by atoms with Crippen molar-refractivity contribution in [2.45, 2.75) is 51.8 Å². The fourth-order valence-corrected chi connectivity index (χ4v) is 4.30. The second kappa shape index (κ2) is 9.88. The van der Waals surface area contributed by atoms with Crippen LogP contribution in [0.15, 0.2) is 53.4 Å². The molecule has 0 aromatic heterocycles. The molecule has 0 radical (unpaired) electrons. The minimum Gasteiger partial charge on any atom is -0.491 e. The zero-order valence-electron chi connectivity index (χ0n) is 16.6. The molecule has 0 aliphatic rings. The van der Waals surface area contributed by atoms with E-state index in [9.17, 15) is 8.42 Å². The Balaban J connectivity index is 1.94. The van der Waals surface area contributed by atoms with Gasteiger partial charge in [-0.15, -0.1) is 0 Å². The van der Waals surface area contributed by atoms with Gasteiger partial charge in [0.2, 0.25) is 10.0 Å². The summed E-state index contributed by atoms with van der Waals surface area (Å²) in [5, 5.41) is 3.39. The highest BCUT2D eigenvalue weighted by Gasteiger charge is 2.20. The Morgan fingerprint density at radius 1 is 0.963 bits per heavy atom. The number of rotatable bonds is 10. The summed E-state index contributed by atoms with van der Waals surface area (Å²) < 4.78 is 32.2. The Bertz CT molecular complexity index is 814. The van der Waals surface area contributed by atoms with E-state index >= 15 is 0 Å². The highest BCUT2D eigenvalue weighted by Crippen LogP contribution is 2.17. The summed E-state index contributed by atoms with van der Waals surface area (Å²) in [6.45, 7) is 10.0. The highest BCUT2D eigenvalue weighted by molar-refractivity contribution is 7.89. The third kappa shape index (κ3) is 6.06. The minimum absolute atomic E-state index is 0.152. The quantitative estimate of drug-likeness (QED) is 0.670. The Morgan fingerprint density at radius 3 is 2.19 bits per heavy atom. The number of ether oxygens (including phenoxy) is 1. The van der Waals surface area contributed by atoms with Crippen LogP contribution in [-0.2, 0) is 23.1 Å². The number of hydrogen-bond donors (Lipinski definition) is 1. The largest absolute Gasteiger partial charge is 0.491 e. The number of hydrogen-bond acceptors (Lipinski definition) is 4. The van der Waals surface area contributed by atoms with Gasteiger partial charge in [-0.05, 0) is 49.2 Å². The molecule has 0 aliphatic heterocycles. The SMILES string of the molecule is CCN(CC)S(=O)(=O)c1ccc(CNCc2cccc(OC(C)C)c2)cc1. The monoisotopic (exact) mass is 390 g/mol. The first-order chi connectivity index (χ1) is 12.9. The van der Waals surface area contributed by atoms with Crippen molar-refractivity contribution in [2.75, 3.05) is 13.1 Å². The summed E-state index contributed by atoms with van der Waals surface area (Å²) in [6, 6.07) is 15.1. The predicted octanol–water partition coefficient (Wildman–Crippen LogP) is 3.79. The van der Waals surface area contributed by atoms with Crippen molar-refractivity contribution < 1.29 is 13.2 Å². The van der Waals surface area contributed by atoms with Crippen molar-refractivity contribution in [1.82, 2.24) is 9.62 Å². The first-order valence-corrected chi connectivity index (χ1v) is 10.9. The zero-order valence-corrected chi connectivity index (χ0v) is 17.4. The molecule has 0 atom stereocenters. The van der Waals surface area contributed by atoms with E-state index in [0.29, 0.717) is 24.5 Å². The molecular weight excluding hydrogens is 360 g/mol. The topological polar surface area (TPSA) is 58.6 Å². The molecule has 0 saturated heterocycles. The molecule has 0 unspecified atom stereocenters. The van der Waals surface area contributed by atoms with E-state index in [-0.39, 0.29) is 6.10 Å². The van der Waals surface area contributed by atoms with Crippen molar-refractivity contribution in [3.8, 4) is 5.75 Å². The van der Waals surface area contributed by atoms with Gasteiger partial charge in [-0.25, -0.2) is 8.42 Å². The summed E-state index contributed by atoms with van der Waals surface area (Å²) in [5.41, 5.74) is 2.19. The molecule has 0 amide bonds. The smallest absolute Gasteiger partial charge is 0.243 e. The first kappa shape index (κ1) is 21.4. The van der Waals surface area contributed by atoms with Crippen LogP contribution in [0.2, 0.25) is 0 Å². The average molecular weight is 391 g/mol. The maximum atomic E-state index is 12.5. The molecule has 1 N–H and O–H groups in total. The van der Waals surface area contributed by atoms with Crippen molar-refractivity contribution >= 4 is 10.0 Å². The van der Waals surface area contributed by atoms with Crippen molar-refractivity contribution in [1.29, 1.82) is 0 Å². The second-order valence-electron chi connectivity index (χ2n) is 6.65. The maximum Gasteiger partial charge on any atom is 0.243 e. The lowest BCUT2D eigenvalue weighted by Crippen LogP contribution is -2.30. The molecule has 0 heterocycles. The molecule has 2 rings (SSSR count). The zero-order chi connectivity index (χ0) is 19.9. The molecule has 5 nitrogen and oxygen atoms in total. The van der Waals surface area contributed by atoms with Crippen molar-refractivity contribution in [3.05, 3.63) is 59.7 Å². The highest BCUT2D eigenvalue weighted by atomic mass is 32.2. The van der Waals surface area contributed by atoms with Crippen LogP contribution < -0.4 is 10.1 Å². The molecule has 0 bridgehead atoms. The second-order valence-corrected chi connectivity index (χ2v) is 8.59. The Hall–Kier alpha value is -1.89. The molecular formula is C21H30N2O3S. The summed E-state index contributed by atoms with van der Waals surface area (Å²) in [5.74, 6) is 0.871. The van der Waals surface area contributed by atoms with Gasteiger partial charge in [0.05, 0.1) is 11.0 Å². The van der Waals surface area contributed by atoms with E-state index in [1.54, 1.807) is 12.1 Å². The average Bonchev–Trinajstić information content (AvgIpc) is 2.63. The molecule has 0 spiro atoms. The Morgan fingerprint density at radius 2 is 1.59 bits per heavy atom. The van der Waals surface area contributed by atoms with Crippen LogP contribution >= 0.6 is 0 Å². The molecule has 0 aliphatic carbocycles. The number of nitrogens with one attached hydrogen (secondary N) is 1. The van der Waals surface area contributed by atoms with Gasteiger partial charge >= 0.3 is 0 Å². The van der Waals surface area contributed by atoms with E-state index in [0.717, 1.165) is 23.4 Å². The van der Waals surface area contributed by atoms with E-state index < -0.39 is 10.0 Å². The van der Waals surface area contributed by atoms with Crippen LogP contribution in [0.5, 0.6) is 5.75 Å². The molecule has 148 valence electrons. The Labute approximate surface area is 163 Å². The van der Waals surface area contributed by atoms with Gasteiger partial charge in [0.25, 0.3) is 0 Å². The van der Waals surface area contributed by atoms with E-state index in [1.165, 1.54) is 4.31 Å². The first-order valence-electron chi connectivity index (χ1n) is 9.42. The van der Waals surface area contributed by atoms with Gasteiger partial charge < -0.3 is 10.1 Å². The van der Waals surface area contributed by atoms with Crippen molar-refractivity contribution in [2.24, 2.45) is 0 Å². The van der Waals surface area contributed by atoms with Gasteiger partial charge in [0, 0.05) is 26.2 Å². The van der Waals surface area contributed by atoms with Gasteiger partial charge in [-0.3, -0.25) is 0 Å². The van der Waals surface area contributed by atoms with Gasteiger partial charge in [-0.2, -0.15) is 4.31 Å². The van der Waals surface area contributed by atoms with Crippen LogP contribution in [0, 0.1) is 0 Å². The van der Waals surface area contributed by atoms with Crippen LogP contribution in [0.1, 0.15) is 38.8 Å². The Kier molecular flexibility index (Phi) is 7.83. The number of sulfonamides is 1. The van der Waals surface area contributed by atoms with Crippen LogP contribution in [-0.4, -0.2) is 31.9 Å². The number of nitrogens with zero attached hydrogens (tertiary/aromatic N) is 1. The predicted molar refractivity (Wildman–Crippen MR) is 109 cm³/mol. The van der Waals surface area contributed by atoms with Crippen LogP contribution in [0.4, 0.5) is 0 Å². The van der Waals surface area contributed by atoms with E-state index in [1.807, 2.05) is 58.0 Å². The summed E-state index contributed by atoms with van der Waals surface area (Å²) in [6.07, 6.45) is 0.152. The van der Waals surface area contributed by atoms with Crippen LogP contribution in [0.25, 0.3) is 0 Å². The lowest BCUT2D eigenvalue weighted by Gasteiger charge is -2.18. The van der Waals surface area contributed by atoms with E-state index in [4.69, 9.17) is 4.74 Å². The summed E-state index contributed by atoms with van der Waals surface area (Å²) in [7, 11) is -3.40. The molecule has 0 fully saturated rings. The summed E-state index contributed by atoms with van der Waals surface area (Å²) in [4.78, 5) is 0.341. The van der Waals surface area contributed by atoms with E-state index in [2.05, 4.69) is 11.4 Å². The third-order valence-corrected chi connectivity index (χ3v) is 6.26. The van der Waals surface area contributed by atoms with Gasteiger partial charge in [-0.1, -0.05) is 38.1 Å². The molecule has 27 heavy (non-hydrogen) atoms.